The zero-order valence-corrected chi connectivity index (χ0v) is 13.0. The second-order valence-electron chi connectivity index (χ2n) is 5.77. The minimum atomic E-state index is 0.0648. The molecule has 0 aromatic carbocycles. The van der Waals surface area contributed by atoms with Crippen LogP contribution in [0.25, 0.3) is 0 Å². The highest BCUT2D eigenvalue weighted by atomic mass is 16.5. The molecule has 22 heavy (non-hydrogen) atoms. The number of morpholine rings is 1. The van der Waals surface area contributed by atoms with Crippen molar-refractivity contribution >= 4 is 5.78 Å². The van der Waals surface area contributed by atoms with Gasteiger partial charge in [-0.2, -0.15) is 0 Å². The van der Waals surface area contributed by atoms with Gasteiger partial charge in [0.25, 0.3) is 0 Å². The van der Waals surface area contributed by atoms with E-state index in [0.29, 0.717) is 6.61 Å². The van der Waals surface area contributed by atoms with E-state index >= 15 is 0 Å². The Morgan fingerprint density at radius 3 is 3.05 bits per heavy atom. The van der Waals surface area contributed by atoms with Crippen molar-refractivity contribution in [3.63, 3.8) is 0 Å². The first-order chi connectivity index (χ1) is 10.6. The predicted molar refractivity (Wildman–Crippen MR) is 83.6 cm³/mol. The van der Waals surface area contributed by atoms with E-state index in [1.807, 2.05) is 36.1 Å². The lowest BCUT2D eigenvalue weighted by Gasteiger charge is -2.33. The fraction of sp³-hybridized carbons (Fsp3) is 0.412. The Labute approximate surface area is 130 Å². The number of carbonyl (C=O) groups is 1. The highest BCUT2D eigenvalue weighted by Crippen LogP contribution is 2.22. The minimum Gasteiger partial charge on any atom is -0.371 e. The second kappa shape index (κ2) is 6.42. The van der Waals surface area contributed by atoms with Gasteiger partial charge in [0.05, 0.1) is 12.7 Å². The quantitative estimate of drug-likeness (QED) is 0.812. The van der Waals surface area contributed by atoms with Crippen molar-refractivity contribution in [3.8, 4) is 0 Å². The van der Waals surface area contributed by atoms with E-state index in [0.717, 1.165) is 36.5 Å². The van der Waals surface area contributed by atoms with Gasteiger partial charge in [-0.1, -0.05) is 6.07 Å². The van der Waals surface area contributed by atoms with Crippen LogP contribution in [-0.4, -0.2) is 39.9 Å². The molecule has 0 spiro atoms. The maximum atomic E-state index is 11.5. The summed E-state index contributed by atoms with van der Waals surface area (Å²) in [4.78, 5) is 18.0. The summed E-state index contributed by atoms with van der Waals surface area (Å²) < 4.78 is 7.90. The van der Waals surface area contributed by atoms with Gasteiger partial charge < -0.3 is 9.30 Å². The normalized spacial score (nSPS) is 19.3. The zero-order chi connectivity index (χ0) is 15.5. The van der Waals surface area contributed by atoms with Crippen LogP contribution >= 0.6 is 0 Å². The van der Waals surface area contributed by atoms with Crippen molar-refractivity contribution in [1.82, 2.24) is 14.5 Å². The van der Waals surface area contributed by atoms with Gasteiger partial charge in [0.2, 0.25) is 0 Å². The summed E-state index contributed by atoms with van der Waals surface area (Å²) in [6.07, 6.45) is 5.61. The molecule has 0 aliphatic carbocycles. The second-order valence-corrected chi connectivity index (χ2v) is 5.77. The van der Waals surface area contributed by atoms with E-state index in [1.165, 1.54) is 0 Å². The number of rotatable bonds is 4. The molecule has 2 aromatic heterocycles. The van der Waals surface area contributed by atoms with Gasteiger partial charge in [-0.05, 0) is 19.1 Å². The first-order valence-electron chi connectivity index (χ1n) is 7.53. The number of ketones is 1. The molecule has 1 aliphatic rings. The molecule has 5 nitrogen and oxygen atoms in total. The van der Waals surface area contributed by atoms with Crippen molar-refractivity contribution in [1.29, 1.82) is 0 Å². The largest absolute Gasteiger partial charge is 0.371 e. The Bertz CT molecular complexity index is 651. The van der Waals surface area contributed by atoms with E-state index in [1.54, 1.807) is 13.1 Å². The van der Waals surface area contributed by atoms with Gasteiger partial charge >= 0.3 is 0 Å². The van der Waals surface area contributed by atoms with Gasteiger partial charge in [0, 0.05) is 62.1 Å². The molecule has 5 heteroatoms. The molecule has 3 rings (SSSR count). The Balaban J connectivity index is 1.69. The average molecular weight is 299 g/mol. The molecule has 2 aromatic rings. The molecule has 0 amide bonds. The van der Waals surface area contributed by atoms with Crippen molar-refractivity contribution in [2.24, 2.45) is 7.05 Å². The summed E-state index contributed by atoms with van der Waals surface area (Å²) in [6, 6.07) is 5.97. The van der Waals surface area contributed by atoms with Gasteiger partial charge in [-0.25, -0.2) is 0 Å². The van der Waals surface area contributed by atoms with Crippen LogP contribution in [0.4, 0.5) is 0 Å². The Hall–Kier alpha value is -1.98. The van der Waals surface area contributed by atoms with Crippen LogP contribution in [0.5, 0.6) is 0 Å². The molecule has 0 bridgehead atoms. The van der Waals surface area contributed by atoms with Crippen LogP contribution in [0, 0.1) is 0 Å². The maximum Gasteiger partial charge on any atom is 0.161 e. The topological polar surface area (TPSA) is 47.4 Å². The van der Waals surface area contributed by atoms with Crippen molar-refractivity contribution < 1.29 is 9.53 Å². The number of aromatic nitrogens is 2. The first kappa shape index (κ1) is 14.9. The third-order valence-electron chi connectivity index (χ3n) is 4.11. The maximum absolute atomic E-state index is 11.5. The number of aryl methyl sites for hydroxylation is 1. The molecule has 1 aliphatic heterocycles. The zero-order valence-electron chi connectivity index (χ0n) is 13.0. The summed E-state index contributed by atoms with van der Waals surface area (Å²) in [7, 11) is 1.99. The molecule has 0 N–H and O–H groups in total. The summed E-state index contributed by atoms with van der Waals surface area (Å²) in [5.41, 5.74) is 3.04. The number of Topliss-reactive ketones (excluding diaryl/α,β-unsaturated/α-hetero) is 1. The number of ether oxygens (including phenoxy) is 1. The van der Waals surface area contributed by atoms with Gasteiger partial charge in [0.1, 0.15) is 0 Å². The van der Waals surface area contributed by atoms with E-state index in [-0.39, 0.29) is 11.9 Å². The number of pyridine rings is 1. The number of nitrogens with zero attached hydrogens (tertiary/aromatic N) is 3. The molecule has 0 saturated carbocycles. The van der Waals surface area contributed by atoms with Gasteiger partial charge in [-0.3, -0.25) is 14.7 Å². The van der Waals surface area contributed by atoms with E-state index in [2.05, 4.69) is 16.0 Å². The Morgan fingerprint density at radius 2 is 2.36 bits per heavy atom. The first-order valence-corrected chi connectivity index (χ1v) is 7.53. The molecule has 1 atom stereocenters. The lowest BCUT2D eigenvalue weighted by Crippen LogP contribution is -2.38. The summed E-state index contributed by atoms with van der Waals surface area (Å²) in [5.74, 6) is 0.108. The highest BCUT2D eigenvalue weighted by molar-refractivity contribution is 5.94. The number of carbonyl (C=O) groups excluding carboxylic acids is 1. The predicted octanol–water partition coefficient (Wildman–Crippen LogP) is 2.20. The molecular weight excluding hydrogens is 278 g/mol. The summed E-state index contributed by atoms with van der Waals surface area (Å²) in [6.45, 7) is 4.88. The third kappa shape index (κ3) is 3.26. The van der Waals surface area contributed by atoms with Crippen LogP contribution in [0.3, 0.4) is 0 Å². The highest BCUT2D eigenvalue weighted by Gasteiger charge is 2.23. The molecule has 0 unspecified atom stereocenters. The van der Waals surface area contributed by atoms with Crippen molar-refractivity contribution in [3.05, 3.63) is 53.6 Å². The van der Waals surface area contributed by atoms with Gasteiger partial charge in [0.15, 0.2) is 5.78 Å². The van der Waals surface area contributed by atoms with Crippen molar-refractivity contribution in [2.75, 3.05) is 19.7 Å². The van der Waals surface area contributed by atoms with Crippen LogP contribution in [0.2, 0.25) is 0 Å². The van der Waals surface area contributed by atoms with E-state index in [4.69, 9.17) is 4.74 Å². The number of hydrogen-bond donors (Lipinski definition) is 0. The summed E-state index contributed by atoms with van der Waals surface area (Å²) in [5, 5.41) is 0. The van der Waals surface area contributed by atoms with E-state index < -0.39 is 0 Å². The molecular formula is C17H21N3O2. The molecule has 0 radical (unpaired) electrons. The molecule has 1 saturated heterocycles. The van der Waals surface area contributed by atoms with Crippen LogP contribution in [0.1, 0.15) is 34.6 Å². The minimum absolute atomic E-state index is 0.0648. The van der Waals surface area contributed by atoms with Crippen LogP contribution in [-0.2, 0) is 18.3 Å². The van der Waals surface area contributed by atoms with Crippen LogP contribution in [0.15, 0.2) is 36.8 Å². The Morgan fingerprint density at radius 1 is 1.50 bits per heavy atom. The Kier molecular flexibility index (Phi) is 4.36. The van der Waals surface area contributed by atoms with Crippen LogP contribution < -0.4 is 0 Å². The summed E-state index contributed by atoms with van der Waals surface area (Å²) >= 11 is 0. The van der Waals surface area contributed by atoms with Crippen molar-refractivity contribution in [2.45, 2.75) is 19.6 Å². The average Bonchev–Trinajstić information content (AvgIpc) is 2.90. The lowest BCUT2D eigenvalue weighted by molar-refractivity contribution is -0.0336. The molecule has 116 valence electrons. The monoisotopic (exact) mass is 299 g/mol. The SMILES string of the molecule is CC(=O)c1cc(CN2CCO[C@H](c3cccnc3)C2)n(C)c1. The lowest BCUT2D eigenvalue weighted by atomic mass is 10.1. The molecule has 1 fully saturated rings. The number of hydrogen-bond acceptors (Lipinski definition) is 4. The molecule has 3 heterocycles. The van der Waals surface area contributed by atoms with E-state index in [9.17, 15) is 4.79 Å². The standard InChI is InChI=1S/C17H21N3O2/c1-13(21)15-8-16(19(2)10-15)11-20-6-7-22-17(12-20)14-4-3-5-18-9-14/h3-5,8-10,17H,6-7,11-12H2,1-2H3/t17-/m0/s1. The fourth-order valence-corrected chi connectivity index (χ4v) is 2.80. The van der Waals surface area contributed by atoms with Gasteiger partial charge in [-0.15, -0.1) is 0 Å². The fourth-order valence-electron chi connectivity index (χ4n) is 2.80. The smallest absolute Gasteiger partial charge is 0.161 e. The third-order valence-corrected chi connectivity index (χ3v) is 4.11.